The maximum absolute atomic E-state index is 13.0. The fourth-order valence-corrected chi connectivity index (χ4v) is 8.14. The lowest BCUT2D eigenvalue weighted by Gasteiger charge is -2.10. The molecule has 0 saturated heterocycles. The third-order valence-corrected chi connectivity index (χ3v) is 11.6. The summed E-state index contributed by atoms with van der Waals surface area (Å²) in [4.78, 5) is 26.0. The molecule has 6 rings (SSSR count). The van der Waals surface area contributed by atoms with Crippen molar-refractivity contribution in [3.63, 3.8) is 0 Å². The van der Waals surface area contributed by atoms with Crippen molar-refractivity contribution in [2.45, 2.75) is 26.9 Å². The molecule has 0 atom stereocenters. The molecule has 0 unspecified atom stereocenters. The summed E-state index contributed by atoms with van der Waals surface area (Å²) in [5, 5.41) is 8.43. The number of nitrogens with zero attached hydrogens (tertiary/aromatic N) is 4. The van der Waals surface area contributed by atoms with E-state index in [1.807, 2.05) is 72.3 Å². The van der Waals surface area contributed by atoms with Crippen LogP contribution in [-0.2, 0) is 36.8 Å². The fourth-order valence-electron chi connectivity index (χ4n) is 6.33. The Morgan fingerprint density at radius 2 is 0.981 bits per heavy atom. The van der Waals surface area contributed by atoms with Crippen LogP contribution < -0.4 is 19.8 Å². The van der Waals surface area contributed by atoms with Gasteiger partial charge in [-0.1, -0.05) is 82.3 Å². The van der Waals surface area contributed by atoms with Crippen molar-refractivity contribution in [1.82, 2.24) is 19.8 Å². The Labute approximate surface area is 313 Å². The molecule has 0 radical (unpaired) electrons. The number of carbonyl (C=O) groups is 2. The predicted octanol–water partition coefficient (Wildman–Crippen LogP) is 6.52. The van der Waals surface area contributed by atoms with E-state index in [4.69, 9.17) is 0 Å². The molecule has 266 valence electrons. The van der Waals surface area contributed by atoms with Crippen molar-refractivity contribution in [3.8, 4) is 0 Å². The highest BCUT2D eigenvalue weighted by Gasteiger charge is 2.16. The lowest BCUT2D eigenvalue weighted by molar-refractivity contribution is -0.671. The number of amides is 2. The molecular weight excluding hydrogens is 685 g/mol. The Balaban J connectivity index is 0.934. The maximum atomic E-state index is 13.0. The molecule has 0 fully saturated rings. The Morgan fingerprint density at radius 1 is 0.596 bits per heavy atom. The van der Waals surface area contributed by atoms with Crippen molar-refractivity contribution >= 4 is 79.5 Å². The van der Waals surface area contributed by atoms with Gasteiger partial charge in [-0.25, -0.2) is 9.13 Å². The first-order valence-electron chi connectivity index (χ1n) is 17.5. The average molecular weight is 731 g/mol. The van der Waals surface area contributed by atoms with Crippen LogP contribution in [0.5, 0.6) is 0 Å². The number of carbonyl (C=O) groups excluding carboxylic acids is 2. The zero-order chi connectivity index (χ0) is 36.5. The normalized spacial score (nSPS) is 11.7. The minimum atomic E-state index is -0.00599. The second-order valence-electron chi connectivity index (χ2n) is 12.8. The van der Waals surface area contributed by atoms with Crippen molar-refractivity contribution in [3.05, 3.63) is 131 Å². The van der Waals surface area contributed by atoms with Crippen LogP contribution >= 0.6 is 21.6 Å². The standard InChI is InChI=1S/C42H44N6O2S2/c1-31-35(15-13-33-17-23-45(3)24-18-33)37-9-5-7-11-39(37)47(31)29-41(49)43-21-27-51-52-28-22-44-42(50)30-48-32(2)36(38-10-6-8-12-40(38)48)16-14-34-19-25-46(4)26-20-34/h5-20,23-26H,21-22,27-30H2,1-4H3/p+2. The van der Waals surface area contributed by atoms with Gasteiger partial charge >= 0.3 is 0 Å². The summed E-state index contributed by atoms with van der Waals surface area (Å²) in [6.45, 7) is 5.86. The van der Waals surface area contributed by atoms with Crippen molar-refractivity contribution in [2.24, 2.45) is 14.1 Å². The second-order valence-corrected chi connectivity index (χ2v) is 15.5. The largest absolute Gasteiger partial charge is 0.354 e. The zero-order valence-corrected chi connectivity index (χ0v) is 31.8. The van der Waals surface area contributed by atoms with Gasteiger partial charge in [0.1, 0.15) is 27.2 Å². The predicted molar refractivity (Wildman–Crippen MR) is 217 cm³/mol. The van der Waals surface area contributed by atoms with Gasteiger partial charge in [-0.3, -0.25) is 9.59 Å². The van der Waals surface area contributed by atoms with E-state index >= 15 is 0 Å². The van der Waals surface area contributed by atoms with E-state index in [1.54, 1.807) is 21.6 Å². The van der Waals surface area contributed by atoms with E-state index in [2.05, 4.69) is 106 Å². The van der Waals surface area contributed by atoms with Crippen LogP contribution in [0.15, 0.2) is 97.6 Å². The molecule has 2 aromatic carbocycles. The summed E-state index contributed by atoms with van der Waals surface area (Å²) in [6, 6.07) is 24.8. The molecule has 0 spiro atoms. The zero-order valence-electron chi connectivity index (χ0n) is 30.2. The Bertz CT molecular complexity index is 2070. The molecule has 4 aromatic heterocycles. The van der Waals surface area contributed by atoms with Gasteiger partial charge in [-0.05, 0) is 37.1 Å². The van der Waals surface area contributed by atoms with E-state index < -0.39 is 0 Å². The highest BCUT2D eigenvalue weighted by atomic mass is 33.1. The van der Waals surface area contributed by atoms with Crippen LogP contribution in [0.2, 0.25) is 0 Å². The number of pyridine rings is 2. The number of hydrogen-bond acceptors (Lipinski definition) is 4. The quantitative estimate of drug-likeness (QED) is 0.0718. The molecule has 4 heterocycles. The molecule has 6 aromatic rings. The number of para-hydroxylation sites is 2. The molecule has 0 aliphatic heterocycles. The number of aromatic nitrogens is 4. The topological polar surface area (TPSA) is 75.8 Å². The van der Waals surface area contributed by atoms with Gasteiger partial charge in [0.05, 0.1) is 0 Å². The van der Waals surface area contributed by atoms with E-state index in [0.29, 0.717) is 13.1 Å². The molecule has 52 heavy (non-hydrogen) atoms. The fraction of sp³-hybridized carbons (Fsp3) is 0.238. The van der Waals surface area contributed by atoms with Gasteiger partial charge < -0.3 is 19.8 Å². The molecular formula is C42H46N6O2S2+2. The first-order chi connectivity index (χ1) is 25.3. The Kier molecular flexibility index (Phi) is 12.3. The number of rotatable bonds is 15. The third-order valence-electron chi connectivity index (χ3n) is 9.15. The van der Waals surface area contributed by atoms with Crippen LogP contribution in [0.3, 0.4) is 0 Å². The first-order valence-corrected chi connectivity index (χ1v) is 20.0. The molecule has 10 heteroatoms. The van der Waals surface area contributed by atoms with E-state index in [0.717, 1.165) is 67.0 Å². The smallest absolute Gasteiger partial charge is 0.239 e. The van der Waals surface area contributed by atoms with Crippen LogP contribution in [0.1, 0.15) is 33.6 Å². The number of nitrogens with one attached hydrogen (secondary N) is 2. The van der Waals surface area contributed by atoms with Gasteiger partial charge in [0, 0.05) is 93.2 Å². The van der Waals surface area contributed by atoms with Crippen molar-refractivity contribution < 1.29 is 18.7 Å². The number of benzene rings is 2. The number of aryl methyl sites for hydroxylation is 2. The SMILES string of the molecule is Cc1c(/C=C/c2cc[n+](C)cc2)c2ccccc2n1CC(=O)NCCSSCCNC(=O)Cn1c(C)c(/C=C/c2cc[n+](C)cc2)c2ccccc21. The average Bonchev–Trinajstić information content (AvgIpc) is 3.57. The summed E-state index contributed by atoms with van der Waals surface area (Å²) in [5.74, 6) is 1.55. The van der Waals surface area contributed by atoms with Gasteiger partial charge in [0.15, 0.2) is 24.8 Å². The minimum Gasteiger partial charge on any atom is -0.354 e. The molecule has 2 N–H and O–H groups in total. The summed E-state index contributed by atoms with van der Waals surface area (Å²) in [7, 11) is 7.42. The van der Waals surface area contributed by atoms with Gasteiger partial charge in [-0.2, -0.15) is 0 Å². The molecule has 2 amide bonds. The van der Waals surface area contributed by atoms with Crippen LogP contribution in [0.25, 0.3) is 46.1 Å². The molecule has 0 bridgehead atoms. The van der Waals surface area contributed by atoms with Crippen LogP contribution in [0, 0.1) is 13.8 Å². The lowest BCUT2D eigenvalue weighted by atomic mass is 10.1. The van der Waals surface area contributed by atoms with Crippen molar-refractivity contribution in [1.29, 1.82) is 0 Å². The van der Waals surface area contributed by atoms with E-state index in [9.17, 15) is 9.59 Å². The summed E-state index contributed by atoms with van der Waals surface area (Å²) in [5.41, 5.74) is 8.74. The van der Waals surface area contributed by atoms with Crippen LogP contribution in [-0.4, -0.2) is 45.5 Å². The van der Waals surface area contributed by atoms with Crippen LogP contribution in [0.4, 0.5) is 0 Å². The molecule has 0 aliphatic rings. The monoisotopic (exact) mass is 730 g/mol. The van der Waals surface area contributed by atoms with E-state index in [-0.39, 0.29) is 24.9 Å². The second kappa shape index (κ2) is 17.4. The van der Waals surface area contributed by atoms with Gasteiger partial charge in [0.25, 0.3) is 0 Å². The van der Waals surface area contributed by atoms with Crippen molar-refractivity contribution in [2.75, 3.05) is 24.6 Å². The van der Waals surface area contributed by atoms with Gasteiger partial charge in [0.2, 0.25) is 11.8 Å². The number of fused-ring (bicyclic) bond motifs is 2. The summed E-state index contributed by atoms with van der Waals surface area (Å²) < 4.78 is 8.22. The Hall–Kier alpha value is -5.06. The molecule has 0 aliphatic carbocycles. The van der Waals surface area contributed by atoms with E-state index in [1.165, 1.54) is 0 Å². The maximum Gasteiger partial charge on any atom is 0.239 e. The van der Waals surface area contributed by atoms with Gasteiger partial charge in [-0.15, -0.1) is 0 Å². The highest BCUT2D eigenvalue weighted by molar-refractivity contribution is 8.76. The Morgan fingerprint density at radius 3 is 1.38 bits per heavy atom. The summed E-state index contributed by atoms with van der Waals surface area (Å²) >= 11 is 0. The molecule has 0 saturated carbocycles. The minimum absolute atomic E-state index is 0.00599. The number of hydrogen-bond donors (Lipinski definition) is 2. The lowest BCUT2D eigenvalue weighted by Crippen LogP contribution is -2.30. The highest BCUT2D eigenvalue weighted by Crippen LogP contribution is 2.29. The third kappa shape index (κ3) is 9.05. The summed E-state index contributed by atoms with van der Waals surface area (Å²) in [6.07, 6.45) is 16.6. The first kappa shape index (κ1) is 36.7. The molecule has 8 nitrogen and oxygen atoms in total.